The molecule has 0 atom stereocenters. The number of amides is 1. The SMILES string of the molecule is Cc1c(C(=O)NCCCN(C)c2ccccc2)sc2ncn(C)c(=O)c12. The second-order valence-corrected chi connectivity index (χ2v) is 7.26. The van der Waals surface area contributed by atoms with Crippen LogP contribution in [0.2, 0.25) is 0 Å². The molecule has 1 aromatic carbocycles. The molecule has 0 aliphatic rings. The van der Waals surface area contributed by atoms with Gasteiger partial charge in [-0.3, -0.25) is 9.59 Å². The van der Waals surface area contributed by atoms with Gasteiger partial charge in [-0.25, -0.2) is 4.98 Å². The summed E-state index contributed by atoms with van der Waals surface area (Å²) in [5.41, 5.74) is 1.74. The minimum absolute atomic E-state index is 0.118. The molecular weight excluding hydrogens is 348 g/mol. The van der Waals surface area contributed by atoms with Crippen LogP contribution >= 0.6 is 11.3 Å². The van der Waals surface area contributed by atoms with Crippen LogP contribution in [0.3, 0.4) is 0 Å². The molecule has 0 aliphatic carbocycles. The van der Waals surface area contributed by atoms with Crippen molar-refractivity contribution in [3.8, 4) is 0 Å². The van der Waals surface area contributed by atoms with Crippen LogP contribution in [0.4, 0.5) is 5.69 Å². The van der Waals surface area contributed by atoms with Crippen molar-refractivity contribution < 1.29 is 4.79 Å². The number of thiophene rings is 1. The third kappa shape index (κ3) is 3.62. The normalized spacial score (nSPS) is 10.9. The van der Waals surface area contributed by atoms with E-state index >= 15 is 0 Å². The highest BCUT2D eigenvalue weighted by Crippen LogP contribution is 2.26. The molecule has 6 nitrogen and oxygen atoms in total. The molecule has 0 radical (unpaired) electrons. The van der Waals surface area contributed by atoms with E-state index in [2.05, 4.69) is 27.3 Å². The Bertz CT molecular complexity index is 978. The summed E-state index contributed by atoms with van der Waals surface area (Å²) in [5.74, 6) is -0.144. The number of carbonyl (C=O) groups is 1. The molecule has 2 heterocycles. The lowest BCUT2D eigenvalue weighted by atomic mass is 10.2. The fourth-order valence-corrected chi connectivity index (χ4v) is 3.89. The lowest BCUT2D eigenvalue weighted by molar-refractivity contribution is 0.0957. The van der Waals surface area contributed by atoms with E-state index in [1.165, 1.54) is 22.2 Å². The van der Waals surface area contributed by atoms with E-state index in [1.807, 2.05) is 25.2 Å². The molecule has 0 spiro atoms. The van der Waals surface area contributed by atoms with E-state index in [0.717, 1.165) is 18.7 Å². The summed E-state index contributed by atoms with van der Waals surface area (Å²) in [6.45, 7) is 3.23. The van der Waals surface area contributed by atoms with Gasteiger partial charge in [-0.15, -0.1) is 11.3 Å². The van der Waals surface area contributed by atoms with Gasteiger partial charge in [-0.05, 0) is 31.0 Å². The summed E-state index contributed by atoms with van der Waals surface area (Å²) in [6.07, 6.45) is 2.32. The third-order valence-electron chi connectivity index (χ3n) is 4.37. The van der Waals surface area contributed by atoms with Gasteiger partial charge < -0.3 is 14.8 Å². The van der Waals surface area contributed by atoms with Crippen LogP contribution in [0.1, 0.15) is 21.7 Å². The van der Waals surface area contributed by atoms with Gasteiger partial charge in [-0.2, -0.15) is 0 Å². The Hall–Kier alpha value is -2.67. The average Bonchev–Trinajstić information content (AvgIpc) is 2.99. The van der Waals surface area contributed by atoms with Crippen LogP contribution in [0.5, 0.6) is 0 Å². The van der Waals surface area contributed by atoms with Crippen LogP contribution in [-0.2, 0) is 7.05 Å². The van der Waals surface area contributed by atoms with Gasteiger partial charge in [0.2, 0.25) is 0 Å². The zero-order chi connectivity index (χ0) is 18.7. The Morgan fingerprint density at radius 3 is 2.77 bits per heavy atom. The van der Waals surface area contributed by atoms with Crippen molar-refractivity contribution in [2.75, 3.05) is 25.0 Å². The first-order valence-corrected chi connectivity index (χ1v) is 9.30. The largest absolute Gasteiger partial charge is 0.375 e. The number of hydrogen-bond donors (Lipinski definition) is 1. The minimum Gasteiger partial charge on any atom is -0.375 e. The van der Waals surface area contributed by atoms with E-state index in [-0.39, 0.29) is 11.5 Å². The molecule has 1 amide bonds. The topological polar surface area (TPSA) is 67.2 Å². The fraction of sp³-hybridized carbons (Fsp3) is 0.316. The number of benzene rings is 1. The molecule has 7 heteroatoms. The number of fused-ring (bicyclic) bond motifs is 1. The van der Waals surface area contributed by atoms with Crippen molar-refractivity contribution in [2.24, 2.45) is 7.05 Å². The van der Waals surface area contributed by atoms with Gasteiger partial charge in [0.25, 0.3) is 11.5 Å². The summed E-state index contributed by atoms with van der Waals surface area (Å²) in [4.78, 5) is 32.3. The molecule has 3 rings (SSSR count). The first-order chi connectivity index (χ1) is 12.5. The number of nitrogens with zero attached hydrogens (tertiary/aromatic N) is 3. The second-order valence-electron chi connectivity index (χ2n) is 6.26. The molecular formula is C19H22N4O2S. The molecule has 0 saturated carbocycles. The average molecular weight is 370 g/mol. The number of hydrogen-bond acceptors (Lipinski definition) is 5. The van der Waals surface area contributed by atoms with Gasteiger partial charge in [0.15, 0.2) is 0 Å². The maximum absolute atomic E-state index is 12.5. The number of para-hydroxylation sites is 1. The smallest absolute Gasteiger partial charge is 0.262 e. The van der Waals surface area contributed by atoms with Crippen molar-refractivity contribution in [1.82, 2.24) is 14.9 Å². The summed E-state index contributed by atoms with van der Waals surface area (Å²) >= 11 is 1.27. The quantitative estimate of drug-likeness (QED) is 0.677. The highest BCUT2D eigenvalue weighted by atomic mass is 32.1. The summed E-state index contributed by atoms with van der Waals surface area (Å²) in [6, 6.07) is 10.1. The van der Waals surface area contributed by atoms with Crippen molar-refractivity contribution >= 4 is 33.1 Å². The summed E-state index contributed by atoms with van der Waals surface area (Å²) in [7, 11) is 3.70. The van der Waals surface area contributed by atoms with Crippen molar-refractivity contribution in [3.63, 3.8) is 0 Å². The Labute approximate surface area is 156 Å². The fourth-order valence-electron chi connectivity index (χ4n) is 2.84. The van der Waals surface area contributed by atoms with E-state index in [1.54, 1.807) is 14.0 Å². The van der Waals surface area contributed by atoms with Crippen LogP contribution < -0.4 is 15.8 Å². The van der Waals surface area contributed by atoms with Crippen LogP contribution in [0.25, 0.3) is 10.2 Å². The molecule has 3 aromatic rings. The molecule has 2 aromatic heterocycles. The van der Waals surface area contributed by atoms with Gasteiger partial charge in [-0.1, -0.05) is 18.2 Å². The third-order valence-corrected chi connectivity index (χ3v) is 5.57. The molecule has 136 valence electrons. The number of carbonyl (C=O) groups excluding carboxylic acids is 1. The van der Waals surface area contributed by atoms with Gasteiger partial charge >= 0.3 is 0 Å². The van der Waals surface area contributed by atoms with Crippen LogP contribution in [0.15, 0.2) is 41.5 Å². The molecule has 0 aliphatic heterocycles. The van der Waals surface area contributed by atoms with Crippen molar-refractivity contribution in [2.45, 2.75) is 13.3 Å². The molecule has 0 bridgehead atoms. The molecule has 26 heavy (non-hydrogen) atoms. The lowest BCUT2D eigenvalue weighted by Gasteiger charge is -2.19. The van der Waals surface area contributed by atoms with Gasteiger partial charge in [0.05, 0.1) is 16.6 Å². The Morgan fingerprint density at radius 1 is 1.31 bits per heavy atom. The van der Waals surface area contributed by atoms with Crippen molar-refractivity contribution in [1.29, 1.82) is 0 Å². The number of nitrogens with one attached hydrogen (secondary N) is 1. The van der Waals surface area contributed by atoms with Crippen LogP contribution in [-0.4, -0.2) is 35.6 Å². The van der Waals surface area contributed by atoms with Crippen molar-refractivity contribution in [3.05, 3.63) is 57.5 Å². The highest BCUT2D eigenvalue weighted by Gasteiger charge is 2.18. The number of anilines is 1. The Kier molecular flexibility index (Phi) is 5.37. The highest BCUT2D eigenvalue weighted by molar-refractivity contribution is 7.20. The number of aromatic nitrogens is 2. The van der Waals surface area contributed by atoms with E-state index in [9.17, 15) is 9.59 Å². The number of aryl methyl sites for hydroxylation is 2. The van der Waals surface area contributed by atoms with Crippen LogP contribution in [0, 0.1) is 6.92 Å². The maximum Gasteiger partial charge on any atom is 0.262 e. The standard InChI is InChI=1S/C19H22N4O2S/c1-13-15-18(21-12-23(3)19(15)25)26-16(13)17(24)20-10-7-11-22(2)14-8-5-4-6-9-14/h4-6,8-9,12H,7,10-11H2,1-3H3,(H,20,24). The Morgan fingerprint density at radius 2 is 2.04 bits per heavy atom. The van der Waals surface area contributed by atoms with Gasteiger partial charge in [0.1, 0.15) is 4.83 Å². The first-order valence-electron chi connectivity index (χ1n) is 8.48. The second kappa shape index (κ2) is 7.70. The molecule has 0 fully saturated rings. The molecule has 0 saturated heterocycles. The predicted molar refractivity (Wildman–Crippen MR) is 106 cm³/mol. The zero-order valence-electron chi connectivity index (χ0n) is 15.2. The summed E-state index contributed by atoms with van der Waals surface area (Å²) in [5, 5.41) is 3.49. The lowest BCUT2D eigenvalue weighted by Crippen LogP contribution is -2.28. The Balaban J connectivity index is 1.61. The monoisotopic (exact) mass is 370 g/mol. The van der Waals surface area contributed by atoms with E-state index in [4.69, 9.17) is 0 Å². The maximum atomic E-state index is 12.5. The number of rotatable bonds is 6. The predicted octanol–water partition coefficient (Wildman–Crippen LogP) is 2.56. The van der Waals surface area contributed by atoms with Gasteiger partial charge in [0, 0.05) is 32.9 Å². The first kappa shape index (κ1) is 18.1. The molecule has 0 unspecified atom stereocenters. The van der Waals surface area contributed by atoms with E-state index < -0.39 is 0 Å². The minimum atomic E-state index is -0.144. The van der Waals surface area contributed by atoms with E-state index in [0.29, 0.717) is 27.2 Å². The summed E-state index contributed by atoms with van der Waals surface area (Å²) < 4.78 is 1.43. The zero-order valence-corrected chi connectivity index (χ0v) is 16.0. The molecule has 1 N–H and O–H groups in total.